The zero-order valence-electron chi connectivity index (χ0n) is 13.2. The Morgan fingerprint density at radius 2 is 2.00 bits per heavy atom. The lowest BCUT2D eigenvalue weighted by Crippen LogP contribution is -2.16. The third-order valence-electron chi connectivity index (χ3n) is 3.71. The zero-order valence-corrected chi connectivity index (χ0v) is 13.2. The van der Waals surface area contributed by atoms with E-state index in [9.17, 15) is 26.7 Å². The number of halogens is 5. The van der Waals surface area contributed by atoms with Gasteiger partial charge >= 0.3 is 6.18 Å². The number of hydrogen-bond acceptors (Lipinski definition) is 3. The van der Waals surface area contributed by atoms with Crippen molar-refractivity contribution in [2.75, 3.05) is 5.32 Å². The molecule has 0 bridgehead atoms. The van der Waals surface area contributed by atoms with Crippen LogP contribution < -0.4 is 5.32 Å². The number of benzene rings is 1. The molecule has 1 aromatic carbocycles. The molecule has 136 valence electrons. The standard InChI is InChI=1S/C16H11F5N4O/c1-8-5-12(9(13(17)18)6-11(8)16(19,20)21)24-15(26)10-7-23-25-4-2-3-22-14(10)25/h2-7,13H,1H3,(H,24,26). The molecule has 0 saturated carbocycles. The number of amides is 1. The highest BCUT2D eigenvalue weighted by Gasteiger charge is 2.34. The highest BCUT2D eigenvalue weighted by atomic mass is 19.4. The van der Waals surface area contributed by atoms with Gasteiger partial charge in [0.1, 0.15) is 5.56 Å². The number of carbonyl (C=O) groups is 1. The van der Waals surface area contributed by atoms with Crippen molar-refractivity contribution in [1.82, 2.24) is 14.6 Å². The lowest BCUT2D eigenvalue weighted by molar-refractivity contribution is -0.138. The minimum atomic E-state index is -4.78. The maximum Gasteiger partial charge on any atom is 0.416 e. The number of aryl methyl sites for hydroxylation is 1. The molecule has 0 aliphatic carbocycles. The first kappa shape index (κ1) is 17.8. The SMILES string of the molecule is Cc1cc(NC(=O)c2cnn3cccnc23)c(C(F)F)cc1C(F)(F)F. The Kier molecular flexibility index (Phi) is 4.34. The van der Waals surface area contributed by atoms with E-state index in [0.717, 1.165) is 13.0 Å². The zero-order chi connectivity index (χ0) is 19.1. The maximum absolute atomic E-state index is 13.2. The molecule has 0 aliphatic rings. The van der Waals surface area contributed by atoms with E-state index in [0.29, 0.717) is 6.07 Å². The Morgan fingerprint density at radius 3 is 2.65 bits per heavy atom. The Morgan fingerprint density at radius 1 is 1.27 bits per heavy atom. The molecule has 0 radical (unpaired) electrons. The molecule has 0 unspecified atom stereocenters. The Hall–Kier alpha value is -3.04. The average Bonchev–Trinajstić information content (AvgIpc) is 2.97. The molecule has 0 spiro atoms. The lowest BCUT2D eigenvalue weighted by atomic mass is 10.0. The van der Waals surface area contributed by atoms with Crippen molar-refractivity contribution in [1.29, 1.82) is 0 Å². The van der Waals surface area contributed by atoms with Crippen molar-refractivity contribution in [3.63, 3.8) is 0 Å². The van der Waals surface area contributed by atoms with Crippen LogP contribution in [0.15, 0.2) is 36.8 Å². The van der Waals surface area contributed by atoms with Gasteiger partial charge in [0.15, 0.2) is 5.65 Å². The van der Waals surface area contributed by atoms with Crippen LogP contribution in [0.2, 0.25) is 0 Å². The second kappa shape index (κ2) is 6.36. The second-order valence-electron chi connectivity index (χ2n) is 5.45. The molecule has 10 heteroatoms. The third-order valence-corrected chi connectivity index (χ3v) is 3.71. The predicted octanol–water partition coefficient (Wildman–Crippen LogP) is 4.25. The molecule has 3 rings (SSSR count). The average molecular weight is 370 g/mol. The van der Waals surface area contributed by atoms with Gasteiger partial charge in [-0.2, -0.15) is 18.3 Å². The molecular formula is C16H11F5N4O. The molecule has 2 aromatic heterocycles. The van der Waals surface area contributed by atoms with Crippen molar-refractivity contribution < 1.29 is 26.7 Å². The monoisotopic (exact) mass is 370 g/mol. The summed E-state index contributed by atoms with van der Waals surface area (Å²) in [5.41, 5.74) is -2.58. The van der Waals surface area contributed by atoms with Crippen LogP contribution in [0.1, 0.15) is 33.5 Å². The third kappa shape index (κ3) is 3.22. The van der Waals surface area contributed by atoms with Crippen molar-refractivity contribution in [2.24, 2.45) is 0 Å². The van der Waals surface area contributed by atoms with Crippen LogP contribution in [0.4, 0.5) is 27.6 Å². The maximum atomic E-state index is 13.2. The van der Waals surface area contributed by atoms with E-state index in [1.807, 2.05) is 0 Å². The van der Waals surface area contributed by atoms with Crippen LogP contribution in [0.25, 0.3) is 5.65 Å². The van der Waals surface area contributed by atoms with E-state index in [4.69, 9.17) is 0 Å². The van der Waals surface area contributed by atoms with E-state index in [1.54, 1.807) is 6.07 Å². The van der Waals surface area contributed by atoms with Gasteiger partial charge in [-0.1, -0.05) is 0 Å². The van der Waals surface area contributed by atoms with E-state index >= 15 is 0 Å². The molecule has 3 aromatic rings. The normalized spacial score (nSPS) is 12.0. The topological polar surface area (TPSA) is 59.3 Å². The molecule has 1 N–H and O–H groups in total. The highest BCUT2D eigenvalue weighted by Crippen LogP contribution is 2.38. The molecular weight excluding hydrogens is 359 g/mol. The van der Waals surface area contributed by atoms with Crippen molar-refractivity contribution in [3.05, 3.63) is 59.0 Å². The summed E-state index contributed by atoms with van der Waals surface area (Å²) in [6, 6.07) is 2.81. The number of hydrogen-bond donors (Lipinski definition) is 1. The summed E-state index contributed by atoms with van der Waals surface area (Å²) in [5.74, 6) is -0.806. The summed E-state index contributed by atoms with van der Waals surface area (Å²) in [4.78, 5) is 16.4. The number of alkyl halides is 5. The Balaban J connectivity index is 2.01. The summed E-state index contributed by atoms with van der Waals surface area (Å²) in [5, 5.41) is 6.13. The van der Waals surface area contributed by atoms with Gasteiger partial charge in [0, 0.05) is 18.0 Å². The summed E-state index contributed by atoms with van der Waals surface area (Å²) in [6.07, 6.45) is -3.83. The number of aromatic nitrogens is 3. The van der Waals surface area contributed by atoms with E-state index in [-0.39, 0.29) is 16.8 Å². The first-order valence-corrected chi connectivity index (χ1v) is 7.28. The van der Waals surface area contributed by atoms with Crippen LogP contribution in [0.5, 0.6) is 0 Å². The number of anilines is 1. The smallest absolute Gasteiger partial charge is 0.321 e. The van der Waals surface area contributed by atoms with E-state index in [2.05, 4.69) is 15.4 Å². The van der Waals surface area contributed by atoms with Crippen molar-refractivity contribution in [3.8, 4) is 0 Å². The van der Waals surface area contributed by atoms with Crippen molar-refractivity contribution >= 4 is 17.2 Å². The predicted molar refractivity (Wildman–Crippen MR) is 82.1 cm³/mol. The van der Waals surface area contributed by atoms with Gasteiger partial charge in [0.25, 0.3) is 12.3 Å². The second-order valence-corrected chi connectivity index (χ2v) is 5.45. The van der Waals surface area contributed by atoms with Gasteiger partial charge < -0.3 is 5.32 Å². The quantitative estimate of drug-likeness (QED) is 0.702. The van der Waals surface area contributed by atoms with Crippen LogP contribution in [0.3, 0.4) is 0 Å². The molecule has 26 heavy (non-hydrogen) atoms. The van der Waals surface area contributed by atoms with Gasteiger partial charge in [0.05, 0.1) is 17.4 Å². The summed E-state index contributed by atoms with van der Waals surface area (Å²) in [7, 11) is 0. The minimum Gasteiger partial charge on any atom is -0.321 e. The fourth-order valence-corrected chi connectivity index (χ4v) is 2.50. The summed E-state index contributed by atoms with van der Waals surface area (Å²) < 4.78 is 66.6. The molecule has 1 amide bonds. The number of rotatable bonds is 3. The number of carbonyl (C=O) groups excluding carboxylic acids is 1. The Labute approximate surface area is 143 Å². The summed E-state index contributed by atoms with van der Waals surface area (Å²) >= 11 is 0. The van der Waals surface area contributed by atoms with Crippen LogP contribution in [-0.2, 0) is 6.18 Å². The van der Waals surface area contributed by atoms with Gasteiger partial charge in [-0.15, -0.1) is 0 Å². The van der Waals surface area contributed by atoms with Gasteiger partial charge in [-0.3, -0.25) is 4.79 Å². The first-order chi connectivity index (χ1) is 12.2. The molecule has 0 saturated heterocycles. The van der Waals surface area contributed by atoms with E-state index < -0.39 is 35.3 Å². The van der Waals surface area contributed by atoms with Gasteiger partial charge in [-0.05, 0) is 30.7 Å². The van der Waals surface area contributed by atoms with E-state index in [1.165, 1.54) is 23.1 Å². The minimum absolute atomic E-state index is 0.00312. The summed E-state index contributed by atoms with van der Waals surface area (Å²) in [6.45, 7) is 1.13. The van der Waals surface area contributed by atoms with Crippen LogP contribution >= 0.6 is 0 Å². The molecule has 0 aliphatic heterocycles. The van der Waals surface area contributed by atoms with Gasteiger partial charge in [-0.25, -0.2) is 18.3 Å². The number of nitrogens with one attached hydrogen (secondary N) is 1. The largest absolute Gasteiger partial charge is 0.416 e. The van der Waals surface area contributed by atoms with Crippen LogP contribution in [0, 0.1) is 6.92 Å². The lowest BCUT2D eigenvalue weighted by Gasteiger charge is -2.16. The fraction of sp³-hybridized carbons (Fsp3) is 0.188. The fourth-order valence-electron chi connectivity index (χ4n) is 2.50. The number of fused-ring (bicyclic) bond motifs is 1. The van der Waals surface area contributed by atoms with Gasteiger partial charge in [0.2, 0.25) is 0 Å². The molecule has 0 fully saturated rings. The Bertz CT molecular complexity index is 980. The highest BCUT2D eigenvalue weighted by molar-refractivity contribution is 6.08. The molecule has 0 atom stereocenters. The first-order valence-electron chi connectivity index (χ1n) is 7.28. The van der Waals surface area contributed by atoms with Crippen LogP contribution in [-0.4, -0.2) is 20.5 Å². The van der Waals surface area contributed by atoms with Crippen molar-refractivity contribution in [2.45, 2.75) is 19.5 Å². The molecule has 2 heterocycles. The molecule has 5 nitrogen and oxygen atoms in total. The number of nitrogens with zero attached hydrogens (tertiary/aromatic N) is 3.